The average molecular weight is 397 g/mol. The molecular weight excluding hydrogens is 364 g/mol. The van der Waals surface area contributed by atoms with E-state index >= 15 is 0 Å². The number of amides is 2. The highest BCUT2D eigenvalue weighted by molar-refractivity contribution is 5.81. The Morgan fingerprint density at radius 1 is 1.24 bits per heavy atom. The van der Waals surface area contributed by atoms with Crippen LogP contribution in [-0.2, 0) is 22.6 Å². The maximum atomic E-state index is 12.6. The number of aromatic nitrogens is 2. The van der Waals surface area contributed by atoms with Crippen molar-refractivity contribution in [3.05, 3.63) is 54.1 Å². The van der Waals surface area contributed by atoms with Crippen LogP contribution in [0.1, 0.15) is 56.8 Å². The molecule has 1 aliphatic rings. The number of imidazole rings is 1. The number of nitrogens with one attached hydrogen (secondary N) is 1. The van der Waals surface area contributed by atoms with E-state index in [9.17, 15) is 9.59 Å². The van der Waals surface area contributed by atoms with Crippen LogP contribution in [0.2, 0.25) is 0 Å². The Labute approximate surface area is 172 Å². The monoisotopic (exact) mass is 396 g/mol. The van der Waals surface area contributed by atoms with Gasteiger partial charge < -0.3 is 15.6 Å². The minimum atomic E-state index is -0.325. The van der Waals surface area contributed by atoms with E-state index in [0.717, 1.165) is 38.1 Å². The standard InChI is InChI=1S/C23H32N4O2/c1-16(2)13-18(17-7-4-3-5-8-17)15-27-12-11-25-21(27)14-22(28)26-20-10-6-9-19(20)23(24)29/h3-5,7-8,11-12,16,18-20H,6,9-10,13-15H2,1-2H3,(H2,24,29)(H,26,28)/t18?,19-,20+/m0/s1. The van der Waals surface area contributed by atoms with E-state index < -0.39 is 0 Å². The molecule has 1 aromatic heterocycles. The molecule has 6 heteroatoms. The number of hydrogen-bond acceptors (Lipinski definition) is 3. The summed E-state index contributed by atoms with van der Waals surface area (Å²) >= 11 is 0. The van der Waals surface area contributed by atoms with Crippen molar-refractivity contribution >= 4 is 11.8 Å². The van der Waals surface area contributed by atoms with E-state index in [0.29, 0.717) is 11.8 Å². The maximum Gasteiger partial charge on any atom is 0.227 e. The molecule has 0 spiro atoms. The predicted molar refractivity (Wildman–Crippen MR) is 113 cm³/mol. The molecule has 3 atom stereocenters. The lowest BCUT2D eigenvalue weighted by atomic mass is 9.90. The first-order valence-electron chi connectivity index (χ1n) is 10.6. The van der Waals surface area contributed by atoms with Gasteiger partial charge in [-0.15, -0.1) is 0 Å². The minimum Gasteiger partial charge on any atom is -0.369 e. The third-order valence-corrected chi connectivity index (χ3v) is 5.79. The zero-order chi connectivity index (χ0) is 20.8. The Bertz CT molecular complexity index is 815. The Hall–Kier alpha value is -2.63. The summed E-state index contributed by atoms with van der Waals surface area (Å²) in [6.07, 6.45) is 7.44. The van der Waals surface area contributed by atoms with Crippen LogP contribution in [-0.4, -0.2) is 27.4 Å². The summed E-state index contributed by atoms with van der Waals surface area (Å²) in [6.45, 7) is 5.25. The molecule has 2 amide bonds. The largest absolute Gasteiger partial charge is 0.369 e. The normalized spacial score (nSPS) is 20.0. The van der Waals surface area contributed by atoms with Gasteiger partial charge in [0.2, 0.25) is 11.8 Å². The molecule has 29 heavy (non-hydrogen) atoms. The summed E-state index contributed by atoms with van der Waals surface area (Å²) in [5.41, 5.74) is 6.77. The van der Waals surface area contributed by atoms with Gasteiger partial charge in [0.05, 0.1) is 12.3 Å². The second-order valence-corrected chi connectivity index (χ2v) is 8.52. The lowest BCUT2D eigenvalue weighted by molar-refractivity contribution is -0.124. The molecule has 1 aromatic carbocycles. The molecule has 3 rings (SSSR count). The quantitative estimate of drug-likeness (QED) is 0.683. The van der Waals surface area contributed by atoms with Crippen LogP contribution >= 0.6 is 0 Å². The van der Waals surface area contributed by atoms with Crippen molar-refractivity contribution in [2.75, 3.05) is 0 Å². The van der Waals surface area contributed by atoms with Crippen LogP contribution < -0.4 is 11.1 Å². The first-order valence-corrected chi connectivity index (χ1v) is 10.6. The molecule has 0 bridgehead atoms. The molecule has 1 heterocycles. The summed E-state index contributed by atoms with van der Waals surface area (Å²) in [6, 6.07) is 10.4. The predicted octanol–water partition coefficient (Wildman–Crippen LogP) is 3.03. The van der Waals surface area contributed by atoms with Gasteiger partial charge in [0.1, 0.15) is 5.82 Å². The smallest absolute Gasteiger partial charge is 0.227 e. The molecule has 1 fully saturated rings. The highest BCUT2D eigenvalue weighted by Crippen LogP contribution is 2.27. The summed E-state index contributed by atoms with van der Waals surface area (Å²) < 4.78 is 2.08. The molecule has 3 N–H and O–H groups in total. The SMILES string of the molecule is CC(C)CC(Cn1ccnc1CC(=O)N[C@@H]1CCC[C@@H]1C(N)=O)c1ccccc1. The van der Waals surface area contributed by atoms with Gasteiger partial charge in [-0.05, 0) is 30.7 Å². The van der Waals surface area contributed by atoms with Crippen LogP contribution in [0, 0.1) is 11.8 Å². The first-order chi connectivity index (χ1) is 13.9. The van der Waals surface area contributed by atoms with E-state index in [4.69, 9.17) is 5.73 Å². The summed E-state index contributed by atoms with van der Waals surface area (Å²) in [5, 5.41) is 3.00. The molecule has 1 aliphatic carbocycles. The zero-order valence-corrected chi connectivity index (χ0v) is 17.4. The van der Waals surface area contributed by atoms with Crippen molar-refractivity contribution in [3.63, 3.8) is 0 Å². The average Bonchev–Trinajstić information content (AvgIpc) is 3.31. The molecular formula is C23H32N4O2. The van der Waals surface area contributed by atoms with Gasteiger partial charge in [0.25, 0.3) is 0 Å². The molecule has 0 saturated heterocycles. The topological polar surface area (TPSA) is 90.0 Å². The van der Waals surface area contributed by atoms with E-state index in [1.54, 1.807) is 6.20 Å². The Kier molecular flexibility index (Phi) is 7.07. The Morgan fingerprint density at radius 2 is 2.00 bits per heavy atom. The molecule has 2 aromatic rings. The highest BCUT2D eigenvalue weighted by Gasteiger charge is 2.32. The molecule has 1 saturated carbocycles. The fraction of sp³-hybridized carbons (Fsp3) is 0.522. The number of carbonyl (C=O) groups is 2. The van der Waals surface area contributed by atoms with Gasteiger partial charge in [-0.2, -0.15) is 0 Å². The molecule has 1 unspecified atom stereocenters. The van der Waals surface area contributed by atoms with E-state index in [1.165, 1.54) is 5.56 Å². The van der Waals surface area contributed by atoms with Crippen molar-refractivity contribution in [2.45, 2.75) is 64.5 Å². The van der Waals surface area contributed by atoms with Crippen molar-refractivity contribution in [1.29, 1.82) is 0 Å². The third kappa shape index (κ3) is 5.68. The van der Waals surface area contributed by atoms with Crippen LogP contribution in [0.5, 0.6) is 0 Å². The van der Waals surface area contributed by atoms with Crippen LogP contribution in [0.4, 0.5) is 0 Å². The highest BCUT2D eigenvalue weighted by atomic mass is 16.2. The number of primary amides is 1. The lowest BCUT2D eigenvalue weighted by Gasteiger charge is -2.22. The third-order valence-electron chi connectivity index (χ3n) is 5.79. The molecule has 0 aliphatic heterocycles. The van der Waals surface area contributed by atoms with Gasteiger partial charge >= 0.3 is 0 Å². The fourth-order valence-corrected chi connectivity index (χ4v) is 4.40. The van der Waals surface area contributed by atoms with Crippen LogP contribution in [0.25, 0.3) is 0 Å². The van der Waals surface area contributed by atoms with Crippen LogP contribution in [0.3, 0.4) is 0 Å². The first kappa shape index (κ1) is 21.1. The van der Waals surface area contributed by atoms with Crippen molar-refractivity contribution in [1.82, 2.24) is 14.9 Å². The number of benzene rings is 1. The molecule has 156 valence electrons. The summed E-state index contributed by atoms with van der Waals surface area (Å²) in [4.78, 5) is 28.6. The Morgan fingerprint density at radius 3 is 2.69 bits per heavy atom. The zero-order valence-electron chi connectivity index (χ0n) is 17.4. The van der Waals surface area contributed by atoms with Gasteiger partial charge in [-0.25, -0.2) is 4.98 Å². The number of nitrogens with two attached hydrogens (primary N) is 1. The van der Waals surface area contributed by atoms with Crippen molar-refractivity contribution in [2.24, 2.45) is 17.6 Å². The number of carbonyl (C=O) groups excluding carboxylic acids is 2. The summed E-state index contributed by atoms with van der Waals surface area (Å²) in [7, 11) is 0. The Balaban J connectivity index is 1.66. The number of nitrogens with zero attached hydrogens (tertiary/aromatic N) is 2. The molecule has 0 radical (unpaired) electrons. The lowest BCUT2D eigenvalue weighted by Crippen LogP contribution is -2.43. The minimum absolute atomic E-state index is 0.101. The van der Waals surface area contributed by atoms with Gasteiger partial charge in [0.15, 0.2) is 0 Å². The number of rotatable bonds is 9. The van der Waals surface area contributed by atoms with E-state index in [1.807, 2.05) is 12.3 Å². The fourth-order valence-electron chi connectivity index (χ4n) is 4.40. The molecule has 6 nitrogen and oxygen atoms in total. The van der Waals surface area contributed by atoms with Gasteiger partial charge in [-0.1, -0.05) is 50.6 Å². The van der Waals surface area contributed by atoms with E-state index in [2.05, 4.69) is 53.0 Å². The van der Waals surface area contributed by atoms with Crippen LogP contribution in [0.15, 0.2) is 42.7 Å². The second-order valence-electron chi connectivity index (χ2n) is 8.52. The van der Waals surface area contributed by atoms with Crippen molar-refractivity contribution in [3.8, 4) is 0 Å². The second kappa shape index (κ2) is 9.72. The summed E-state index contributed by atoms with van der Waals surface area (Å²) in [5.74, 6) is 1.00. The van der Waals surface area contributed by atoms with Gasteiger partial charge in [0, 0.05) is 30.9 Å². The van der Waals surface area contributed by atoms with E-state index in [-0.39, 0.29) is 30.2 Å². The maximum absolute atomic E-state index is 12.6. The number of hydrogen-bond donors (Lipinski definition) is 2. The van der Waals surface area contributed by atoms with Gasteiger partial charge in [-0.3, -0.25) is 9.59 Å². The van der Waals surface area contributed by atoms with Crippen molar-refractivity contribution < 1.29 is 9.59 Å².